The van der Waals surface area contributed by atoms with Crippen LogP contribution in [0.5, 0.6) is 5.75 Å². The number of nitrogens with zero attached hydrogens (tertiary/aromatic N) is 3. The Morgan fingerprint density at radius 2 is 1.97 bits per heavy atom. The number of rotatable bonds is 7. The number of ether oxygens (including phenoxy) is 1. The van der Waals surface area contributed by atoms with Crippen molar-refractivity contribution in [1.29, 1.82) is 0 Å². The number of carboxylic acid groups (broad SMARTS) is 1. The number of allylic oxidation sites excluding steroid dienone is 2. The smallest absolute Gasteiger partial charge is 0.335 e. The number of nitrogens with one attached hydrogen (secondary N) is 1. The molecule has 1 heterocycles. The van der Waals surface area contributed by atoms with Crippen molar-refractivity contribution in [3.63, 3.8) is 0 Å². The number of anilines is 2. The normalized spacial score (nSPS) is 13.5. The average Bonchev–Trinajstić information content (AvgIpc) is 2.83. The quantitative estimate of drug-likeness (QED) is 0.471. The molecule has 0 fully saturated rings. The Balaban J connectivity index is 1.74. The fraction of sp³-hybridized carbons (Fsp3) is 0.200. The first-order chi connectivity index (χ1) is 16.0. The fourth-order valence-electron chi connectivity index (χ4n) is 3.81. The number of nitrogens with two attached hydrogens (primary N) is 1. The predicted octanol–water partition coefficient (Wildman–Crippen LogP) is 4.05. The van der Waals surface area contributed by atoms with E-state index in [4.69, 9.17) is 15.5 Å². The van der Waals surface area contributed by atoms with Crippen LogP contribution in [0.2, 0.25) is 0 Å². The van der Waals surface area contributed by atoms with Gasteiger partial charge in [0.15, 0.2) is 0 Å². The molecule has 0 atom stereocenters. The summed E-state index contributed by atoms with van der Waals surface area (Å²) in [5.41, 5.74) is 12.2. The summed E-state index contributed by atoms with van der Waals surface area (Å²) in [6.07, 6.45) is 3.24. The number of carboxylic acids is 1. The third-order valence-corrected chi connectivity index (χ3v) is 5.37. The molecule has 1 aromatic heterocycles. The first kappa shape index (κ1) is 22.0. The van der Waals surface area contributed by atoms with E-state index in [2.05, 4.69) is 15.3 Å². The van der Waals surface area contributed by atoms with Crippen LogP contribution in [-0.2, 0) is 6.42 Å². The first-order valence-electron chi connectivity index (χ1n) is 10.7. The molecule has 1 aliphatic carbocycles. The minimum Gasteiger partial charge on any atom is -0.492 e. The van der Waals surface area contributed by atoms with E-state index in [1.165, 1.54) is 12.1 Å². The van der Waals surface area contributed by atoms with Gasteiger partial charge in [-0.05, 0) is 43.5 Å². The molecular weight excluding hydrogens is 418 g/mol. The molecule has 0 saturated heterocycles. The van der Waals surface area contributed by atoms with Gasteiger partial charge >= 0.3 is 5.97 Å². The van der Waals surface area contributed by atoms with Crippen molar-refractivity contribution in [3.05, 3.63) is 82.8 Å². The van der Waals surface area contributed by atoms with Crippen LogP contribution in [0.3, 0.4) is 0 Å². The van der Waals surface area contributed by atoms with Gasteiger partial charge in [-0.25, -0.2) is 14.8 Å². The van der Waals surface area contributed by atoms with Gasteiger partial charge < -0.3 is 20.9 Å². The third-order valence-electron chi connectivity index (χ3n) is 5.37. The molecule has 3 aromatic rings. The lowest BCUT2D eigenvalue weighted by Crippen LogP contribution is -2.20. The molecule has 8 heteroatoms. The zero-order chi connectivity index (χ0) is 23.4. The molecule has 0 amide bonds. The first-order valence-corrected chi connectivity index (χ1v) is 10.7. The van der Waals surface area contributed by atoms with Crippen LogP contribution >= 0.6 is 0 Å². The predicted molar refractivity (Wildman–Crippen MR) is 128 cm³/mol. The molecule has 0 bridgehead atoms. The molecule has 4 rings (SSSR count). The zero-order valence-electron chi connectivity index (χ0n) is 18.5. The van der Waals surface area contributed by atoms with Crippen LogP contribution in [0.15, 0.2) is 65.4 Å². The van der Waals surface area contributed by atoms with Gasteiger partial charge in [0.25, 0.3) is 0 Å². The lowest BCUT2D eigenvalue weighted by atomic mass is 9.88. The van der Waals surface area contributed by atoms with Gasteiger partial charge in [0.05, 0.1) is 29.3 Å². The summed E-state index contributed by atoms with van der Waals surface area (Å²) in [6, 6.07) is 14.5. The molecular formula is C25H25N5O3. The molecule has 8 nitrogen and oxygen atoms in total. The van der Waals surface area contributed by atoms with E-state index in [0.29, 0.717) is 30.4 Å². The molecule has 0 aliphatic heterocycles. The second-order valence-electron chi connectivity index (χ2n) is 7.48. The maximum atomic E-state index is 11.3. The number of aryl methyl sites for hydroxylation is 1. The molecule has 33 heavy (non-hydrogen) atoms. The van der Waals surface area contributed by atoms with E-state index in [0.717, 1.165) is 40.2 Å². The Morgan fingerprint density at radius 3 is 2.67 bits per heavy atom. The summed E-state index contributed by atoms with van der Waals surface area (Å²) in [5.74, 6) is -0.257. The summed E-state index contributed by atoms with van der Waals surface area (Å²) < 4.78 is 5.63. The topological polar surface area (TPSA) is 123 Å². The highest BCUT2D eigenvalue weighted by Gasteiger charge is 2.25. The van der Waals surface area contributed by atoms with E-state index in [9.17, 15) is 9.90 Å². The lowest BCUT2D eigenvalue weighted by Gasteiger charge is -2.22. The Labute approximate surface area is 191 Å². The van der Waals surface area contributed by atoms with E-state index >= 15 is 0 Å². The SMILES string of the molecule is CCOc1cc(C(=O)O)ccc1Nc1ncc2c(n1)C(C(=NC)c1ccccc1)=C(N)CC2. The summed E-state index contributed by atoms with van der Waals surface area (Å²) in [6.45, 7) is 2.22. The number of hydrogen-bond acceptors (Lipinski definition) is 7. The van der Waals surface area contributed by atoms with Crippen molar-refractivity contribution in [3.8, 4) is 5.75 Å². The largest absolute Gasteiger partial charge is 0.492 e. The molecule has 0 unspecified atom stereocenters. The van der Waals surface area contributed by atoms with Crippen molar-refractivity contribution in [2.45, 2.75) is 19.8 Å². The van der Waals surface area contributed by atoms with Gasteiger partial charge in [-0.3, -0.25) is 4.99 Å². The number of aromatic carboxylic acids is 1. The highest BCUT2D eigenvalue weighted by molar-refractivity contribution is 6.32. The van der Waals surface area contributed by atoms with E-state index in [1.54, 1.807) is 19.3 Å². The van der Waals surface area contributed by atoms with Crippen LogP contribution in [0.25, 0.3) is 5.57 Å². The van der Waals surface area contributed by atoms with Gasteiger partial charge in [-0.1, -0.05) is 30.3 Å². The van der Waals surface area contributed by atoms with Gasteiger partial charge in [-0.2, -0.15) is 0 Å². The van der Waals surface area contributed by atoms with Crippen molar-refractivity contribution in [2.75, 3.05) is 19.0 Å². The highest BCUT2D eigenvalue weighted by Crippen LogP contribution is 2.33. The minimum atomic E-state index is -1.02. The number of benzene rings is 2. The van der Waals surface area contributed by atoms with Crippen LogP contribution in [0, 0.1) is 0 Å². The number of aromatic nitrogens is 2. The third kappa shape index (κ3) is 4.55. The monoisotopic (exact) mass is 443 g/mol. The lowest BCUT2D eigenvalue weighted by molar-refractivity contribution is 0.0696. The zero-order valence-corrected chi connectivity index (χ0v) is 18.5. The average molecular weight is 444 g/mol. The number of fused-ring (bicyclic) bond motifs is 1. The summed E-state index contributed by atoms with van der Waals surface area (Å²) in [4.78, 5) is 25.1. The van der Waals surface area contributed by atoms with E-state index < -0.39 is 5.97 Å². The molecule has 1 aliphatic rings. The summed E-state index contributed by atoms with van der Waals surface area (Å²) in [7, 11) is 1.75. The van der Waals surface area contributed by atoms with Crippen molar-refractivity contribution in [2.24, 2.45) is 10.7 Å². The highest BCUT2D eigenvalue weighted by atomic mass is 16.5. The van der Waals surface area contributed by atoms with Gasteiger partial charge in [-0.15, -0.1) is 0 Å². The summed E-state index contributed by atoms with van der Waals surface area (Å²) >= 11 is 0. The fourth-order valence-corrected chi connectivity index (χ4v) is 3.81. The molecule has 168 valence electrons. The van der Waals surface area contributed by atoms with Gasteiger partial charge in [0.2, 0.25) is 5.95 Å². The Bertz CT molecular complexity index is 1250. The van der Waals surface area contributed by atoms with E-state index in [1.807, 2.05) is 37.3 Å². The van der Waals surface area contributed by atoms with Crippen LogP contribution in [0.1, 0.15) is 40.5 Å². The molecule has 0 spiro atoms. The molecule has 4 N–H and O–H groups in total. The van der Waals surface area contributed by atoms with Crippen LogP contribution < -0.4 is 15.8 Å². The van der Waals surface area contributed by atoms with Gasteiger partial charge in [0.1, 0.15) is 5.75 Å². The van der Waals surface area contributed by atoms with Crippen molar-refractivity contribution >= 4 is 28.9 Å². The Hall–Kier alpha value is -4.20. The Kier molecular flexibility index (Phi) is 6.35. The molecule has 2 aromatic carbocycles. The maximum Gasteiger partial charge on any atom is 0.335 e. The number of aliphatic imine (C=N–C) groups is 1. The maximum absolute atomic E-state index is 11.3. The second-order valence-corrected chi connectivity index (χ2v) is 7.48. The molecule has 0 saturated carbocycles. The second kappa shape index (κ2) is 9.52. The van der Waals surface area contributed by atoms with E-state index in [-0.39, 0.29) is 5.56 Å². The van der Waals surface area contributed by atoms with Crippen LogP contribution in [0.4, 0.5) is 11.6 Å². The van der Waals surface area contributed by atoms with Gasteiger partial charge in [0, 0.05) is 30.1 Å². The number of hydrogen-bond donors (Lipinski definition) is 3. The van der Waals surface area contributed by atoms with Crippen molar-refractivity contribution < 1.29 is 14.6 Å². The van der Waals surface area contributed by atoms with Crippen LogP contribution in [-0.4, -0.2) is 40.4 Å². The van der Waals surface area contributed by atoms with Crippen molar-refractivity contribution in [1.82, 2.24) is 9.97 Å². The standard InChI is InChI=1S/C25H25N5O3/c1-3-33-20-13-16(24(31)32)10-12-19(20)29-25-28-14-17-9-11-18(26)21(23(17)30-25)22(27-2)15-7-5-4-6-8-15/h4-8,10,12-14H,3,9,11,26H2,1-2H3,(H,31,32)(H,28,29,30). The summed E-state index contributed by atoms with van der Waals surface area (Å²) in [5, 5.41) is 12.4. The Morgan fingerprint density at radius 1 is 1.18 bits per heavy atom. The number of carbonyl (C=O) groups is 1. The molecule has 0 radical (unpaired) electrons. The minimum absolute atomic E-state index is 0.139.